The molecule has 0 spiro atoms. The van der Waals surface area contributed by atoms with Crippen LogP contribution in [0.1, 0.15) is 163 Å². The molecule has 1 aromatic heterocycles. The predicted octanol–water partition coefficient (Wildman–Crippen LogP) is 19.0. The molecular weight excluding hydrogens is 971 g/mol. The lowest BCUT2D eigenvalue weighted by Gasteiger charge is -2.47. The summed E-state index contributed by atoms with van der Waals surface area (Å²) in [5, 5.41) is 1.22. The molecule has 11 rings (SSSR count). The van der Waals surface area contributed by atoms with E-state index in [0.717, 1.165) is 47.0 Å². The molecule has 0 N–H and O–H groups in total. The van der Waals surface area contributed by atoms with Crippen molar-refractivity contribution in [1.82, 2.24) is 0 Å². The zero-order chi connectivity index (χ0) is 55.3. The van der Waals surface area contributed by atoms with Gasteiger partial charge in [-0.05, 0) is 181 Å². The SMILES string of the molecule is CC(C)(C)c1ccc(N2c3cc(N(c4ccccc4)c4ccc(C(F)(F)F)cc4)cc4c3B(c3cc5c(cc3N4c3cc(C(C)(C)C)cc(C(C)(C)C)c3)C(C)(C)CCC5(C)C)c3sc4ccc(C(C)(C)C)cc4c32)cc1. The average molecular weight is 1050 g/mol. The molecule has 8 aromatic rings. The topological polar surface area (TPSA) is 9.72 Å². The van der Waals surface area contributed by atoms with E-state index in [-0.39, 0.29) is 39.2 Å². The highest BCUT2D eigenvalue weighted by molar-refractivity contribution is 7.33. The highest BCUT2D eigenvalue weighted by Crippen LogP contribution is 2.54. The molecule has 7 aromatic carbocycles. The van der Waals surface area contributed by atoms with Crippen LogP contribution in [0.4, 0.5) is 64.4 Å². The Morgan fingerprint density at radius 1 is 0.468 bits per heavy atom. The molecule has 8 heteroatoms. The van der Waals surface area contributed by atoms with Crippen LogP contribution >= 0.6 is 11.3 Å². The van der Waals surface area contributed by atoms with Gasteiger partial charge in [-0.25, -0.2) is 0 Å². The first-order valence-electron chi connectivity index (χ1n) is 27.6. The van der Waals surface area contributed by atoms with Gasteiger partial charge in [0.15, 0.2) is 0 Å². The molecule has 0 atom stereocenters. The summed E-state index contributed by atoms with van der Waals surface area (Å²) in [6.07, 6.45) is -2.32. The van der Waals surface area contributed by atoms with Gasteiger partial charge < -0.3 is 14.7 Å². The van der Waals surface area contributed by atoms with E-state index in [4.69, 9.17) is 0 Å². The minimum absolute atomic E-state index is 0.0544. The number of alkyl halides is 3. The van der Waals surface area contributed by atoms with Gasteiger partial charge in [0.25, 0.3) is 6.71 Å². The summed E-state index contributed by atoms with van der Waals surface area (Å²) in [6, 6.07) is 49.1. The number of anilines is 9. The summed E-state index contributed by atoms with van der Waals surface area (Å²) < 4.78 is 45.7. The van der Waals surface area contributed by atoms with E-state index < -0.39 is 11.7 Å². The summed E-state index contributed by atoms with van der Waals surface area (Å²) in [7, 11) is 0. The second-order valence-electron chi connectivity index (χ2n) is 27.8. The Labute approximate surface area is 461 Å². The van der Waals surface area contributed by atoms with Crippen molar-refractivity contribution in [2.24, 2.45) is 0 Å². The zero-order valence-electron chi connectivity index (χ0n) is 48.2. The Morgan fingerprint density at radius 2 is 0.974 bits per heavy atom. The van der Waals surface area contributed by atoms with Crippen molar-refractivity contribution in [3.05, 3.63) is 178 Å². The smallest absolute Gasteiger partial charge is 0.311 e. The molecule has 0 radical (unpaired) electrons. The molecule has 3 nitrogen and oxygen atoms in total. The van der Waals surface area contributed by atoms with E-state index >= 15 is 0 Å². The van der Waals surface area contributed by atoms with Gasteiger partial charge in [0.2, 0.25) is 0 Å². The van der Waals surface area contributed by atoms with Crippen molar-refractivity contribution in [2.45, 2.75) is 162 Å². The third kappa shape index (κ3) is 9.08. The maximum atomic E-state index is 14.4. The van der Waals surface area contributed by atoms with Gasteiger partial charge in [-0.2, -0.15) is 13.2 Å². The van der Waals surface area contributed by atoms with Crippen molar-refractivity contribution >= 4 is 95.0 Å². The summed E-state index contributed by atoms with van der Waals surface area (Å²) in [5.41, 5.74) is 17.9. The molecular formula is C69H75BF3N3S. The van der Waals surface area contributed by atoms with Gasteiger partial charge in [-0.15, -0.1) is 11.3 Å². The third-order valence-corrected chi connectivity index (χ3v) is 18.3. The molecule has 0 saturated carbocycles. The van der Waals surface area contributed by atoms with Crippen LogP contribution in [0.5, 0.6) is 0 Å². The number of hydrogen-bond acceptors (Lipinski definition) is 4. The van der Waals surface area contributed by atoms with Crippen LogP contribution in [-0.4, -0.2) is 6.71 Å². The summed E-state index contributed by atoms with van der Waals surface area (Å²) in [6.45, 7) is 37.1. The third-order valence-electron chi connectivity index (χ3n) is 17.1. The summed E-state index contributed by atoms with van der Waals surface area (Å²) in [4.78, 5) is 7.25. The van der Waals surface area contributed by atoms with Crippen LogP contribution in [0, 0.1) is 0 Å². The lowest BCUT2D eigenvalue weighted by Crippen LogP contribution is -2.61. The van der Waals surface area contributed by atoms with Gasteiger partial charge >= 0.3 is 6.18 Å². The van der Waals surface area contributed by atoms with E-state index in [0.29, 0.717) is 5.69 Å². The summed E-state index contributed by atoms with van der Waals surface area (Å²) in [5.74, 6) is 0. The Bertz CT molecular complexity index is 3580. The molecule has 3 heterocycles. The Balaban J connectivity index is 1.34. The zero-order valence-corrected chi connectivity index (χ0v) is 49.0. The number of thiophene rings is 1. The van der Waals surface area contributed by atoms with Crippen LogP contribution in [-0.2, 0) is 38.7 Å². The standard InChI is InChI=1S/C69H75BF3N3S/c1-63(2,3)42-22-27-49(28-23-42)76-58-39-51(74(47-20-18-17-19-21-47)48-29-24-43(25-30-48)69(71,72)73)38-57-60(58)70(62-61(76)52-37-44(64(4,5)6)26-31-59(52)77-62)55-40-53-54(68(15,16)33-32-67(53,13)14)41-56(55)75(57)50-35-45(65(7,8)9)34-46(36-50)66(10,11)12/h17-31,34-41H,32-33H2,1-16H3. The Kier molecular flexibility index (Phi) is 12.1. The fourth-order valence-electron chi connectivity index (χ4n) is 12.2. The number of para-hydroxylation sites is 1. The van der Waals surface area contributed by atoms with Crippen molar-refractivity contribution in [2.75, 3.05) is 14.7 Å². The number of halogens is 3. The maximum Gasteiger partial charge on any atom is 0.416 e. The quantitative estimate of drug-likeness (QED) is 0.159. The molecule has 0 amide bonds. The van der Waals surface area contributed by atoms with E-state index in [9.17, 15) is 13.2 Å². The van der Waals surface area contributed by atoms with Gasteiger partial charge in [0, 0.05) is 54.7 Å². The number of rotatable bonds is 5. The largest absolute Gasteiger partial charge is 0.416 e. The van der Waals surface area contributed by atoms with Gasteiger partial charge in [0.1, 0.15) is 0 Å². The molecule has 396 valence electrons. The van der Waals surface area contributed by atoms with Crippen molar-refractivity contribution in [3.63, 3.8) is 0 Å². The van der Waals surface area contributed by atoms with Crippen molar-refractivity contribution in [1.29, 1.82) is 0 Å². The monoisotopic (exact) mass is 1050 g/mol. The van der Waals surface area contributed by atoms with Gasteiger partial charge in [-0.1, -0.05) is 159 Å². The highest BCUT2D eigenvalue weighted by atomic mass is 32.1. The lowest BCUT2D eigenvalue weighted by atomic mass is 9.35. The molecule has 0 fully saturated rings. The lowest BCUT2D eigenvalue weighted by molar-refractivity contribution is -0.137. The fourth-order valence-corrected chi connectivity index (χ4v) is 13.5. The molecule has 2 aliphatic heterocycles. The molecule has 1 aliphatic carbocycles. The van der Waals surface area contributed by atoms with Crippen LogP contribution < -0.4 is 30.4 Å². The number of benzene rings is 7. The number of hydrogen-bond donors (Lipinski definition) is 0. The first-order valence-corrected chi connectivity index (χ1v) is 28.5. The van der Waals surface area contributed by atoms with Crippen molar-refractivity contribution in [3.8, 4) is 0 Å². The van der Waals surface area contributed by atoms with Gasteiger partial charge in [-0.3, -0.25) is 0 Å². The summed E-state index contributed by atoms with van der Waals surface area (Å²) >= 11 is 1.92. The Hall–Kier alpha value is -6.25. The second-order valence-corrected chi connectivity index (χ2v) is 28.9. The fraction of sp³-hybridized carbons (Fsp3) is 0.362. The molecule has 77 heavy (non-hydrogen) atoms. The predicted molar refractivity (Wildman–Crippen MR) is 326 cm³/mol. The van der Waals surface area contributed by atoms with Crippen LogP contribution in [0.25, 0.3) is 10.1 Å². The highest BCUT2D eigenvalue weighted by Gasteiger charge is 2.49. The maximum absolute atomic E-state index is 14.4. The van der Waals surface area contributed by atoms with E-state index in [1.54, 1.807) is 12.1 Å². The first-order chi connectivity index (χ1) is 35.8. The first kappa shape index (κ1) is 52.8. The molecule has 0 bridgehead atoms. The Morgan fingerprint density at radius 3 is 1.52 bits per heavy atom. The van der Waals surface area contributed by atoms with Crippen molar-refractivity contribution < 1.29 is 13.2 Å². The number of nitrogens with zero attached hydrogens (tertiary/aromatic N) is 3. The number of fused-ring (bicyclic) bond motifs is 7. The minimum Gasteiger partial charge on any atom is -0.311 e. The van der Waals surface area contributed by atoms with Crippen LogP contribution in [0.3, 0.4) is 0 Å². The van der Waals surface area contributed by atoms with Gasteiger partial charge in [0.05, 0.1) is 16.9 Å². The molecule has 0 saturated heterocycles. The van der Waals surface area contributed by atoms with E-state index in [1.165, 1.54) is 82.7 Å². The van der Waals surface area contributed by atoms with Crippen LogP contribution in [0.2, 0.25) is 0 Å². The molecule has 3 aliphatic rings. The normalized spacial score (nSPS) is 16.0. The van der Waals surface area contributed by atoms with E-state index in [1.807, 2.05) is 29.5 Å². The average Bonchev–Trinajstić information content (AvgIpc) is 3.78. The van der Waals surface area contributed by atoms with E-state index in [2.05, 4.69) is 223 Å². The van der Waals surface area contributed by atoms with Crippen LogP contribution in [0.15, 0.2) is 140 Å². The second kappa shape index (κ2) is 17.6. The minimum atomic E-state index is -4.48. The molecule has 0 unspecified atom stereocenters.